The first kappa shape index (κ1) is 16.2. The second-order valence-corrected chi connectivity index (χ2v) is 7.19. The van der Waals surface area contributed by atoms with E-state index >= 15 is 0 Å². The quantitative estimate of drug-likeness (QED) is 0.667. The zero-order valence-corrected chi connectivity index (χ0v) is 12.9. The lowest BCUT2D eigenvalue weighted by Crippen LogP contribution is -2.37. The van der Waals surface area contributed by atoms with E-state index in [1.54, 1.807) is 0 Å². The van der Waals surface area contributed by atoms with Crippen molar-refractivity contribution in [3.63, 3.8) is 0 Å². The molecule has 0 radical (unpaired) electrons. The van der Waals surface area contributed by atoms with Crippen molar-refractivity contribution >= 4 is 27.3 Å². The van der Waals surface area contributed by atoms with Gasteiger partial charge in [0.15, 0.2) is 0 Å². The molecule has 7 nitrogen and oxygen atoms in total. The summed E-state index contributed by atoms with van der Waals surface area (Å²) in [6.45, 7) is 1.56. The molecule has 1 atom stereocenters. The van der Waals surface area contributed by atoms with E-state index in [2.05, 4.69) is 0 Å². The Balaban J connectivity index is 2.54. The Kier molecular flexibility index (Phi) is 4.52. The van der Waals surface area contributed by atoms with Crippen LogP contribution in [0.1, 0.15) is 18.4 Å². The molecule has 1 aliphatic heterocycles. The van der Waals surface area contributed by atoms with E-state index in [0.717, 1.165) is 6.07 Å². The van der Waals surface area contributed by atoms with Crippen LogP contribution in [0.2, 0.25) is 5.02 Å². The lowest BCUT2D eigenvalue weighted by molar-refractivity contribution is -0.384. The fourth-order valence-corrected chi connectivity index (χ4v) is 4.69. The maximum atomic E-state index is 12.7. The maximum Gasteiger partial charge on any atom is 0.289 e. The first-order valence-electron chi connectivity index (χ1n) is 6.36. The molecular formula is C12H15ClN2O5S. The predicted octanol–water partition coefficient (Wildman–Crippen LogP) is 1.70. The van der Waals surface area contributed by atoms with E-state index in [4.69, 9.17) is 11.6 Å². The molecule has 21 heavy (non-hydrogen) atoms. The number of sulfonamides is 1. The van der Waals surface area contributed by atoms with Gasteiger partial charge in [0.25, 0.3) is 5.69 Å². The first-order chi connectivity index (χ1) is 9.78. The molecule has 1 saturated heterocycles. The van der Waals surface area contributed by atoms with Crippen LogP contribution in [-0.2, 0) is 10.0 Å². The molecule has 1 fully saturated rings. The number of nitro benzene ring substituents is 1. The van der Waals surface area contributed by atoms with Crippen molar-refractivity contribution in [1.29, 1.82) is 0 Å². The zero-order chi connectivity index (χ0) is 15.8. The Hall–Kier alpha value is -1.22. The lowest BCUT2D eigenvalue weighted by Gasteiger charge is -2.23. The Bertz CT molecular complexity index is 676. The summed E-state index contributed by atoms with van der Waals surface area (Å²) in [5.41, 5.74) is -0.102. The average Bonchev–Trinajstić information content (AvgIpc) is 2.86. The average molecular weight is 335 g/mol. The summed E-state index contributed by atoms with van der Waals surface area (Å²) >= 11 is 5.77. The minimum Gasteiger partial charge on any atom is -0.395 e. The minimum absolute atomic E-state index is 0.100. The van der Waals surface area contributed by atoms with Gasteiger partial charge in [-0.2, -0.15) is 4.31 Å². The molecule has 0 unspecified atom stereocenters. The number of benzene rings is 1. The molecule has 2 rings (SSSR count). The number of aryl methyl sites for hydroxylation is 1. The number of rotatable bonds is 4. The van der Waals surface area contributed by atoms with E-state index < -0.39 is 26.7 Å². The van der Waals surface area contributed by atoms with Crippen LogP contribution >= 0.6 is 11.6 Å². The number of halogens is 1. The van der Waals surface area contributed by atoms with Crippen LogP contribution in [0.5, 0.6) is 0 Å². The van der Waals surface area contributed by atoms with Crippen LogP contribution in [0.25, 0.3) is 0 Å². The van der Waals surface area contributed by atoms with E-state index in [1.807, 2.05) is 0 Å². The summed E-state index contributed by atoms with van der Waals surface area (Å²) < 4.78 is 26.5. The molecule has 1 heterocycles. The van der Waals surface area contributed by atoms with Gasteiger partial charge in [-0.05, 0) is 31.4 Å². The fourth-order valence-electron chi connectivity index (χ4n) is 2.49. The lowest BCUT2D eigenvalue weighted by atomic mass is 10.2. The highest BCUT2D eigenvalue weighted by Crippen LogP contribution is 2.33. The van der Waals surface area contributed by atoms with Crippen molar-refractivity contribution in [2.45, 2.75) is 30.7 Å². The largest absolute Gasteiger partial charge is 0.395 e. The molecule has 0 bridgehead atoms. The summed E-state index contributed by atoms with van der Waals surface area (Å²) in [4.78, 5) is 10.1. The van der Waals surface area contributed by atoms with Gasteiger partial charge in [-0.15, -0.1) is 0 Å². The number of nitrogens with zero attached hydrogens (tertiary/aromatic N) is 2. The Morgan fingerprint density at radius 3 is 2.76 bits per heavy atom. The number of nitro groups is 1. The molecule has 0 aliphatic carbocycles. The van der Waals surface area contributed by atoms with Crippen molar-refractivity contribution in [3.8, 4) is 0 Å². The standard InChI is InChI=1S/C12H15ClN2O5S/c1-8-5-10(13)11(15(17)18)6-12(8)21(19,20)14-4-2-3-9(14)7-16/h5-6,9,16H,2-4,7H2,1H3/t9-/m0/s1. The number of hydrogen-bond donors (Lipinski definition) is 1. The van der Waals surface area contributed by atoms with Crippen molar-refractivity contribution in [2.75, 3.05) is 13.2 Å². The molecule has 0 saturated carbocycles. The van der Waals surface area contributed by atoms with Crippen molar-refractivity contribution in [2.24, 2.45) is 0 Å². The number of hydrogen-bond acceptors (Lipinski definition) is 5. The topological polar surface area (TPSA) is 101 Å². The zero-order valence-electron chi connectivity index (χ0n) is 11.3. The predicted molar refractivity (Wildman–Crippen MR) is 76.8 cm³/mol. The number of aliphatic hydroxyl groups is 1. The molecule has 1 N–H and O–H groups in total. The Morgan fingerprint density at radius 1 is 1.52 bits per heavy atom. The van der Waals surface area contributed by atoms with E-state index in [-0.39, 0.29) is 16.5 Å². The fraction of sp³-hybridized carbons (Fsp3) is 0.500. The Morgan fingerprint density at radius 2 is 2.19 bits per heavy atom. The summed E-state index contributed by atoms with van der Waals surface area (Å²) in [6, 6.07) is 1.78. The molecule has 9 heteroatoms. The highest BCUT2D eigenvalue weighted by molar-refractivity contribution is 7.89. The molecular weight excluding hydrogens is 320 g/mol. The van der Waals surface area contributed by atoms with Crippen LogP contribution in [0.4, 0.5) is 5.69 Å². The third-order valence-electron chi connectivity index (χ3n) is 3.56. The smallest absolute Gasteiger partial charge is 0.289 e. The first-order valence-corrected chi connectivity index (χ1v) is 8.18. The normalized spacial score (nSPS) is 19.9. The molecule has 0 aromatic heterocycles. The van der Waals surface area contributed by atoms with Crippen LogP contribution < -0.4 is 0 Å². The second kappa shape index (κ2) is 5.88. The van der Waals surface area contributed by atoms with E-state index in [9.17, 15) is 23.6 Å². The van der Waals surface area contributed by atoms with Gasteiger partial charge in [0.2, 0.25) is 10.0 Å². The SMILES string of the molecule is Cc1cc(Cl)c([N+](=O)[O-])cc1S(=O)(=O)N1CCC[C@H]1CO. The van der Waals surface area contributed by atoms with Crippen LogP contribution in [0.15, 0.2) is 17.0 Å². The van der Waals surface area contributed by atoms with Crippen molar-refractivity contribution in [3.05, 3.63) is 32.8 Å². The van der Waals surface area contributed by atoms with Gasteiger partial charge < -0.3 is 5.11 Å². The van der Waals surface area contributed by atoms with E-state index in [1.165, 1.54) is 17.3 Å². The van der Waals surface area contributed by atoms with Crippen LogP contribution in [-0.4, -0.2) is 41.9 Å². The third kappa shape index (κ3) is 2.89. The van der Waals surface area contributed by atoms with E-state index in [0.29, 0.717) is 24.9 Å². The summed E-state index contributed by atoms with van der Waals surface area (Å²) in [5, 5.41) is 20.1. The van der Waals surface area contributed by atoms with Gasteiger partial charge in [0.05, 0.1) is 16.4 Å². The summed E-state index contributed by atoms with van der Waals surface area (Å²) in [7, 11) is -3.89. The molecule has 0 amide bonds. The molecule has 1 aromatic carbocycles. The minimum atomic E-state index is -3.89. The molecule has 116 valence electrons. The highest BCUT2D eigenvalue weighted by atomic mass is 35.5. The van der Waals surface area contributed by atoms with Gasteiger partial charge in [0.1, 0.15) is 5.02 Å². The maximum absolute atomic E-state index is 12.7. The van der Waals surface area contributed by atoms with Crippen LogP contribution in [0, 0.1) is 17.0 Å². The van der Waals surface area contributed by atoms with Gasteiger partial charge in [-0.25, -0.2) is 8.42 Å². The van der Waals surface area contributed by atoms with Gasteiger partial charge in [-0.1, -0.05) is 11.6 Å². The summed E-state index contributed by atoms with van der Waals surface area (Å²) in [6.07, 6.45) is 1.23. The molecule has 1 aliphatic rings. The second-order valence-electron chi connectivity index (χ2n) is 4.92. The molecule has 1 aromatic rings. The monoisotopic (exact) mass is 334 g/mol. The highest BCUT2D eigenvalue weighted by Gasteiger charge is 2.36. The van der Waals surface area contributed by atoms with Crippen LogP contribution in [0.3, 0.4) is 0 Å². The summed E-state index contributed by atoms with van der Waals surface area (Å²) in [5.74, 6) is 0. The van der Waals surface area contributed by atoms with Gasteiger partial charge in [-0.3, -0.25) is 10.1 Å². The van der Waals surface area contributed by atoms with Gasteiger partial charge >= 0.3 is 0 Å². The third-order valence-corrected chi connectivity index (χ3v) is 5.96. The van der Waals surface area contributed by atoms with Crippen molar-refractivity contribution < 1.29 is 18.4 Å². The number of aliphatic hydroxyl groups excluding tert-OH is 1. The Labute approximate surface area is 127 Å². The molecule has 0 spiro atoms. The van der Waals surface area contributed by atoms with Crippen molar-refractivity contribution in [1.82, 2.24) is 4.31 Å². The van der Waals surface area contributed by atoms with Gasteiger partial charge in [0, 0.05) is 18.7 Å².